The Morgan fingerprint density at radius 3 is 2.80 bits per heavy atom. The number of anilines is 1. The first-order valence-corrected chi connectivity index (χ1v) is 11.7. The lowest BCUT2D eigenvalue weighted by atomic mass is 10.2. The van der Waals surface area contributed by atoms with Gasteiger partial charge in [-0.25, -0.2) is 4.98 Å². The van der Waals surface area contributed by atoms with Crippen LogP contribution in [-0.2, 0) is 17.1 Å². The number of aromatic nitrogens is 1. The molecule has 2 heterocycles. The van der Waals surface area contributed by atoms with Gasteiger partial charge in [0.15, 0.2) is 5.13 Å². The van der Waals surface area contributed by atoms with Crippen LogP contribution in [0.2, 0.25) is 0 Å². The van der Waals surface area contributed by atoms with E-state index in [1.54, 1.807) is 22.9 Å². The van der Waals surface area contributed by atoms with Crippen LogP contribution in [0.1, 0.15) is 18.2 Å². The van der Waals surface area contributed by atoms with Crippen molar-refractivity contribution in [2.45, 2.75) is 19.2 Å². The van der Waals surface area contributed by atoms with Gasteiger partial charge in [-0.2, -0.15) is 0 Å². The van der Waals surface area contributed by atoms with E-state index in [0.29, 0.717) is 24.0 Å². The molecule has 7 heteroatoms. The molecule has 30 heavy (non-hydrogen) atoms. The second kappa shape index (κ2) is 9.82. The lowest BCUT2D eigenvalue weighted by molar-refractivity contribution is -0.116. The van der Waals surface area contributed by atoms with Crippen molar-refractivity contribution in [1.82, 2.24) is 4.98 Å². The highest BCUT2D eigenvalue weighted by atomic mass is 32.2. The van der Waals surface area contributed by atoms with E-state index in [1.165, 1.54) is 16.9 Å². The number of benzene rings is 2. The fourth-order valence-corrected chi connectivity index (χ4v) is 4.87. The Kier molecular flexibility index (Phi) is 6.71. The van der Waals surface area contributed by atoms with Gasteiger partial charge in [0.1, 0.15) is 11.5 Å². The summed E-state index contributed by atoms with van der Waals surface area (Å²) in [5.74, 6) is 2.71. The van der Waals surface area contributed by atoms with Crippen molar-refractivity contribution < 1.29 is 13.9 Å². The van der Waals surface area contributed by atoms with Crippen molar-refractivity contribution in [3.63, 3.8) is 0 Å². The summed E-state index contributed by atoms with van der Waals surface area (Å²) in [6.07, 6.45) is 1.62. The first-order chi connectivity index (χ1) is 14.7. The van der Waals surface area contributed by atoms with Crippen LogP contribution in [0.3, 0.4) is 0 Å². The summed E-state index contributed by atoms with van der Waals surface area (Å²) in [5, 5.41) is 0.667. The van der Waals surface area contributed by atoms with Crippen LogP contribution in [0, 0.1) is 0 Å². The van der Waals surface area contributed by atoms with Gasteiger partial charge in [0, 0.05) is 5.75 Å². The van der Waals surface area contributed by atoms with Crippen LogP contribution < -0.4 is 9.64 Å². The molecule has 5 nitrogen and oxygen atoms in total. The maximum absolute atomic E-state index is 13.1. The van der Waals surface area contributed by atoms with E-state index in [0.717, 1.165) is 27.5 Å². The third kappa shape index (κ3) is 5.04. The van der Waals surface area contributed by atoms with E-state index >= 15 is 0 Å². The predicted octanol–water partition coefficient (Wildman–Crippen LogP) is 5.75. The van der Waals surface area contributed by atoms with Crippen molar-refractivity contribution in [1.29, 1.82) is 0 Å². The van der Waals surface area contributed by atoms with Crippen molar-refractivity contribution in [3.8, 4) is 5.75 Å². The minimum atomic E-state index is 0.0106. The zero-order valence-electron chi connectivity index (χ0n) is 16.6. The highest BCUT2D eigenvalue weighted by Gasteiger charge is 2.21. The molecule has 2 aromatic carbocycles. The zero-order valence-corrected chi connectivity index (χ0v) is 18.2. The Bertz CT molecular complexity index is 1090. The molecule has 0 saturated heterocycles. The van der Waals surface area contributed by atoms with E-state index < -0.39 is 0 Å². The van der Waals surface area contributed by atoms with E-state index in [4.69, 9.17) is 14.1 Å². The molecule has 4 aromatic rings. The highest BCUT2D eigenvalue weighted by Crippen LogP contribution is 2.33. The summed E-state index contributed by atoms with van der Waals surface area (Å²) in [5.41, 5.74) is 2.06. The molecular weight excluding hydrogens is 416 g/mol. The third-order valence-corrected chi connectivity index (χ3v) is 6.45. The number of carbonyl (C=O) groups excluding carboxylic acids is 1. The first-order valence-electron chi connectivity index (χ1n) is 9.70. The molecule has 0 bridgehead atoms. The van der Waals surface area contributed by atoms with E-state index in [2.05, 4.69) is 12.1 Å². The fraction of sp³-hybridized carbons (Fsp3) is 0.217. The quantitative estimate of drug-likeness (QED) is 0.333. The highest BCUT2D eigenvalue weighted by molar-refractivity contribution is 7.99. The van der Waals surface area contributed by atoms with Gasteiger partial charge in [-0.05, 0) is 42.8 Å². The zero-order chi connectivity index (χ0) is 20.8. The normalized spacial score (nSPS) is 11.0. The summed E-state index contributed by atoms with van der Waals surface area (Å²) in [7, 11) is 0. The number of fused-ring (bicyclic) bond motifs is 1. The molecule has 0 aliphatic heterocycles. The molecule has 4 rings (SSSR count). The smallest absolute Gasteiger partial charge is 0.239 e. The van der Waals surface area contributed by atoms with Gasteiger partial charge in [0.25, 0.3) is 0 Å². The number of rotatable bonds is 9. The van der Waals surface area contributed by atoms with Gasteiger partial charge in [-0.1, -0.05) is 41.7 Å². The van der Waals surface area contributed by atoms with Crippen molar-refractivity contribution in [2.75, 3.05) is 17.3 Å². The lowest BCUT2D eigenvalue weighted by Crippen LogP contribution is -2.31. The molecule has 0 fully saturated rings. The fourth-order valence-electron chi connectivity index (χ4n) is 2.99. The Morgan fingerprint density at radius 1 is 1.17 bits per heavy atom. The second-order valence-electron chi connectivity index (χ2n) is 6.60. The molecule has 0 aliphatic carbocycles. The molecule has 0 unspecified atom stereocenters. The standard InChI is InChI=1S/C23H22N2O3S2/c1-2-27-18-10-11-20-21(13-18)30-23(24-20)25(14-19-9-6-12-28-19)22(26)16-29-15-17-7-4-3-5-8-17/h3-13H,2,14-16H2,1H3. The Morgan fingerprint density at radius 2 is 2.03 bits per heavy atom. The Balaban J connectivity index is 1.53. The van der Waals surface area contributed by atoms with Crippen LogP contribution in [0.4, 0.5) is 5.13 Å². The number of ether oxygens (including phenoxy) is 1. The largest absolute Gasteiger partial charge is 0.494 e. The number of furan rings is 1. The van der Waals surface area contributed by atoms with E-state index in [1.807, 2.05) is 55.5 Å². The summed E-state index contributed by atoms with van der Waals surface area (Å²) in [6.45, 7) is 2.92. The maximum atomic E-state index is 13.1. The number of carbonyl (C=O) groups is 1. The molecule has 0 saturated carbocycles. The second-order valence-corrected chi connectivity index (χ2v) is 8.59. The topological polar surface area (TPSA) is 55.6 Å². The molecular formula is C23H22N2O3S2. The summed E-state index contributed by atoms with van der Waals surface area (Å²) in [4.78, 5) is 19.5. The summed E-state index contributed by atoms with van der Waals surface area (Å²) in [6, 6.07) is 19.7. The maximum Gasteiger partial charge on any atom is 0.239 e. The van der Waals surface area contributed by atoms with E-state index in [-0.39, 0.29) is 5.91 Å². The van der Waals surface area contributed by atoms with Crippen LogP contribution in [0.25, 0.3) is 10.2 Å². The predicted molar refractivity (Wildman–Crippen MR) is 123 cm³/mol. The SMILES string of the molecule is CCOc1ccc2nc(N(Cc3ccco3)C(=O)CSCc3ccccc3)sc2c1. The van der Waals surface area contributed by atoms with Gasteiger partial charge in [-0.15, -0.1) is 11.8 Å². The summed E-state index contributed by atoms with van der Waals surface area (Å²) < 4.78 is 12.1. The average molecular weight is 439 g/mol. The molecule has 1 amide bonds. The average Bonchev–Trinajstić information content (AvgIpc) is 3.42. The van der Waals surface area contributed by atoms with Crippen LogP contribution >= 0.6 is 23.1 Å². The molecule has 0 N–H and O–H groups in total. The molecule has 154 valence electrons. The van der Waals surface area contributed by atoms with Crippen LogP contribution in [0.5, 0.6) is 5.75 Å². The van der Waals surface area contributed by atoms with Gasteiger partial charge >= 0.3 is 0 Å². The lowest BCUT2D eigenvalue weighted by Gasteiger charge is -2.18. The van der Waals surface area contributed by atoms with Crippen molar-refractivity contribution in [3.05, 3.63) is 78.3 Å². The summed E-state index contributed by atoms with van der Waals surface area (Å²) >= 11 is 3.09. The Labute approximate surface area is 183 Å². The number of nitrogens with zero attached hydrogens (tertiary/aromatic N) is 2. The molecule has 0 spiro atoms. The Hall–Kier alpha value is -2.77. The number of thiazole rings is 1. The number of amides is 1. The molecule has 0 aliphatic rings. The van der Waals surface area contributed by atoms with Crippen molar-refractivity contribution >= 4 is 44.4 Å². The number of hydrogen-bond acceptors (Lipinski definition) is 6. The number of thioether (sulfide) groups is 1. The third-order valence-electron chi connectivity index (χ3n) is 4.42. The monoisotopic (exact) mass is 438 g/mol. The molecule has 0 radical (unpaired) electrons. The van der Waals surface area contributed by atoms with Gasteiger partial charge in [-0.3, -0.25) is 9.69 Å². The van der Waals surface area contributed by atoms with Crippen LogP contribution in [-0.4, -0.2) is 23.3 Å². The first kappa shape index (κ1) is 20.5. The van der Waals surface area contributed by atoms with Crippen molar-refractivity contribution in [2.24, 2.45) is 0 Å². The van der Waals surface area contributed by atoms with Crippen LogP contribution in [0.15, 0.2) is 71.3 Å². The van der Waals surface area contributed by atoms with Gasteiger partial charge in [0.2, 0.25) is 5.91 Å². The minimum Gasteiger partial charge on any atom is -0.494 e. The van der Waals surface area contributed by atoms with E-state index in [9.17, 15) is 4.79 Å². The molecule has 2 aromatic heterocycles. The number of hydrogen-bond donors (Lipinski definition) is 0. The molecule has 0 atom stereocenters. The minimum absolute atomic E-state index is 0.0106. The van der Waals surface area contributed by atoms with Gasteiger partial charge < -0.3 is 9.15 Å². The van der Waals surface area contributed by atoms with Gasteiger partial charge in [0.05, 0.1) is 35.4 Å².